The Hall–Kier alpha value is -1.24. The number of aromatic amines is 1. The Morgan fingerprint density at radius 2 is 1.95 bits per heavy atom. The topological polar surface area (TPSA) is 45.8 Å². The molecule has 106 valence electrons. The molecule has 0 saturated heterocycles. The van der Waals surface area contributed by atoms with Crippen molar-refractivity contribution in [3.63, 3.8) is 0 Å². The first kappa shape index (κ1) is 15.2. The van der Waals surface area contributed by atoms with Crippen molar-refractivity contribution in [3.05, 3.63) is 61.1 Å². The predicted octanol–water partition coefficient (Wildman–Crippen LogP) is 3.30. The summed E-state index contributed by atoms with van der Waals surface area (Å²) in [6.45, 7) is 4.19. The molecule has 0 aliphatic rings. The summed E-state index contributed by atoms with van der Waals surface area (Å²) in [7, 11) is 0. The van der Waals surface area contributed by atoms with Gasteiger partial charge in [-0.2, -0.15) is 0 Å². The maximum Gasteiger partial charge on any atom is 0.264 e. The molecule has 5 heteroatoms. The van der Waals surface area contributed by atoms with Crippen molar-refractivity contribution in [3.8, 4) is 0 Å². The molecule has 1 N–H and O–H groups in total. The molecule has 1 heterocycles. The largest absolute Gasteiger partial charge is 0.309 e. The lowest BCUT2D eigenvalue weighted by Crippen LogP contribution is -2.19. The van der Waals surface area contributed by atoms with E-state index in [4.69, 9.17) is 0 Å². The molecular formula is C15H16FIN2O. The fourth-order valence-electron chi connectivity index (χ4n) is 1.96. The summed E-state index contributed by atoms with van der Waals surface area (Å²) >= 11 is 2.03. The van der Waals surface area contributed by atoms with E-state index >= 15 is 0 Å². The van der Waals surface area contributed by atoms with Crippen LogP contribution in [0.25, 0.3) is 0 Å². The fourth-order valence-corrected chi connectivity index (χ4v) is 2.43. The van der Waals surface area contributed by atoms with Gasteiger partial charge < -0.3 is 4.98 Å². The van der Waals surface area contributed by atoms with E-state index in [1.807, 2.05) is 22.6 Å². The third-order valence-electron chi connectivity index (χ3n) is 2.87. The van der Waals surface area contributed by atoms with Crippen LogP contribution in [0.4, 0.5) is 4.39 Å². The molecule has 3 nitrogen and oxygen atoms in total. The number of H-pyrrole nitrogens is 1. The highest BCUT2D eigenvalue weighted by Crippen LogP contribution is 2.12. The molecule has 2 aromatic rings. The van der Waals surface area contributed by atoms with Crippen molar-refractivity contribution in [1.29, 1.82) is 0 Å². The lowest BCUT2D eigenvalue weighted by molar-refractivity contribution is 0.624. The average Bonchev–Trinajstić information content (AvgIpc) is 2.37. The second-order valence-corrected chi connectivity index (χ2v) is 6.25. The normalized spacial score (nSPS) is 11.1. The van der Waals surface area contributed by atoms with E-state index in [1.165, 1.54) is 12.1 Å². The third-order valence-corrected chi connectivity index (χ3v) is 3.98. The number of halogens is 2. The van der Waals surface area contributed by atoms with Crippen LogP contribution in [0.5, 0.6) is 0 Å². The van der Waals surface area contributed by atoms with Crippen molar-refractivity contribution >= 4 is 22.6 Å². The van der Waals surface area contributed by atoms with Crippen LogP contribution < -0.4 is 5.56 Å². The van der Waals surface area contributed by atoms with Crippen LogP contribution >= 0.6 is 22.6 Å². The van der Waals surface area contributed by atoms with Crippen molar-refractivity contribution in [2.45, 2.75) is 26.7 Å². The van der Waals surface area contributed by atoms with Gasteiger partial charge in [-0.25, -0.2) is 9.37 Å². The van der Waals surface area contributed by atoms with E-state index in [0.717, 1.165) is 17.7 Å². The lowest BCUT2D eigenvalue weighted by atomic mass is 10.1. The van der Waals surface area contributed by atoms with Crippen LogP contribution in [0.15, 0.2) is 29.1 Å². The van der Waals surface area contributed by atoms with Gasteiger partial charge in [0.1, 0.15) is 11.6 Å². The summed E-state index contributed by atoms with van der Waals surface area (Å²) in [5.41, 5.74) is 1.65. The molecule has 0 radical (unpaired) electrons. The first-order valence-electron chi connectivity index (χ1n) is 6.47. The molecule has 0 amide bonds. The Kier molecular flexibility index (Phi) is 4.91. The zero-order chi connectivity index (χ0) is 14.7. The molecule has 0 aliphatic carbocycles. The van der Waals surface area contributed by atoms with Crippen LogP contribution in [0, 0.1) is 15.3 Å². The molecule has 0 aliphatic heterocycles. The Bertz CT molecular complexity index is 650. The molecule has 0 bridgehead atoms. The number of nitrogens with one attached hydrogen (secondary N) is 1. The minimum Gasteiger partial charge on any atom is -0.309 e. The van der Waals surface area contributed by atoms with Gasteiger partial charge in [-0.3, -0.25) is 4.79 Å². The van der Waals surface area contributed by atoms with Gasteiger partial charge >= 0.3 is 0 Å². The number of hydrogen-bond donors (Lipinski definition) is 1. The Balaban J connectivity index is 2.30. The molecule has 20 heavy (non-hydrogen) atoms. The zero-order valence-electron chi connectivity index (χ0n) is 11.4. The van der Waals surface area contributed by atoms with E-state index < -0.39 is 0 Å². The molecular weight excluding hydrogens is 370 g/mol. The van der Waals surface area contributed by atoms with Gasteiger partial charge in [-0.1, -0.05) is 26.0 Å². The Morgan fingerprint density at radius 3 is 2.55 bits per heavy atom. The predicted molar refractivity (Wildman–Crippen MR) is 85.3 cm³/mol. The number of hydrogen-bond acceptors (Lipinski definition) is 2. The first-order chi connectivity index (χ1) is 9.45. The van der Waals surface area contributed by atoms with Crippen molar-refractivity contribution < 1.29 is 4.39 Å². The molecule has 0 atom stereocenters. The molecule has 1 aromatic carbocycles. The number of rotatable bonds is 4. The highest BCUT2D eigenvalue weighted by atomic mass is 127. The Morgan fingerprint density at radius 1 is 1.30 bits per heavy atom. The van der Waals surface area contributed by atoms with Crippen LogP contribution in [-0.4, -0.2) is 9.97 Å². The second-order valence-electron chi connectivity index (χ2n) is 5.17. The van der Waals surface area contributed by atoms with E-state index in [1.54, 1.807) is 12.1 Å². The number of aromatic nitrogens is 2. The summed E-state index contributed by atoms with van der Waals surface area (Å²) in [4.78, 5) is 19.2. The van der Waals surface area contributed by atoms with Gasteiger partial charge in [0.25, 0.3) is 5.56 Å². The molecule has 0 saturated carbocycles. The van der Waals surface area contributed by atoms with Gasteiger partial charge in [0, 0.05) is 6.42 Å². The van der Waals surface area contributed by atoms with E-state index in [2.05, 4.69) is 23.8 Å². The monoisotopic (exact) mass is 386 g/mol. The standard InChI is InChI=1S/C15H16FIN2O/c1-9(2)7-12-14(17)15(20)19-13(18-12)8-10-3-5-11(16)6-4-10/h3-6,9H,7-8H2,1-2H3,(H,18,19,20). The van der Waals surface area contributed by atoms with Gasteiger partial charge in [0.05, 0.1) is 9.26 Å². The Labute approximate surface area is 130 Å². The summed E-state index contributed by atoms with van der Waals surface area (Å²) in [5.74, 6) is 0.799. The maximum atomic E-state index is 12.9. The lowest BCUT2D eigenvalue weighted by Gasteiger charge is -2.09. The molecule has 0 fully saturated rings. The molecule has 0 unspecified atom stereocenters. The summed E-state index contributed by atoms with van der Waals surface area (Å²) in [6.07, 6.45) is 1.27. The summed E-state index contributed by atoms with van der Waals surface area (Å²) in [5, 5.41) is 0. The zero-order valence-corrected chi connectivity index (χ0v) is 13.6. The van der Waals surface area contributed by atoms with Gasteiger partial charge in [-0.05, 0) is 52.6 Å². The molecule has 1 aromatic heterocycles. The second kappa shape index (κ2) is 6.47. The van der Waals surface area contributed by atoms with Crippen LogP contribution in [-0.2, 0) is 12.8 Å². The van der Waals surface area contributed by atoms with Crippen molar-refractivity contribution in [1.82, 2.24) is 9.97 Å². The van der Waals surface area contributed by atoms with Gasteiger partial charge in [0.15, 0.2) is 0 Å². The minimum atomic E-state index is -0.265. The molecule has 0 spiro atoms. The number of nitrogens with zero attached hydrogens (tertiary/aromatic N) is 1. The smallest absolute Gasteiger partial charge is 0.264 e. The maximum absolute atomic E-state index is 12.9. The van der Waals surface area contributed by atoms with Crippen LogP contribution in [0.3, 0.4) is 0 Å². The third kappa shape index (κ3) is 3.88. The average molecular weight is 386 g/mol. The summed E-state index contributed by atoms with van der Waals surface area (Å²) < 4.78 is 13.5. The first-order valence-corrected chi connectivity index (χ1v) is 7.55. The van der Waals surface area contributed by atoms with E-state index in [0.29, 0.717) is 21.7 Å². The van der Waals surface area contributed by atoms with Crippen molar-refractivity contribution in [2.75, 3.05) is 0 Å². The van der Waals surface area contributed by atoms with Crippen molar-refractivity contribution in [2.24, 2.45) is 5.92 Å². The highest BCUT2D eigenvalue weighted by molar-refractivity contribution is 14.1. The molecule has 2 rings (SSSR count). The van der Waals surface area contributed by atoms with Gasteiger partial charge in [0.2, 0.25) is 0 Å². The van der Waals surface area contributed by atoms with Gasteiger partial charge in [-0.15, -0.1) is 0 Å². The summed E-state index contributed by atoms with van der Waals surface area (Å²) in [6, 6.07) is 6.23. The van der Waals surface area contributed by atoms with Crippen LogP contribution in [0.1, 0.15) is 30.9 Å². The fraction of sp³-hybridized carbons (Fsp3) is 0.333. The number of benzene rings is 1. The highest BCUT2D eigenvalue weighted by Gasteiger charge is 2.11. The quantitative estimate of drug-likeness (QED) is 0.820. The SMILES string of the molecule is CC(C)Cc1nc(Cc2ccc(F)cc2)[nH]c(=O)c1I. The van der Waals surface area contributed by atoms with E-state index in [-0.39, 0.29) is 11.4 Å². The minimum absolute atomic E-state index is 0.103. The van der Waals surface area contributed by atoms with E-state index in [9.17, 15) is 9.18 Å². The van der Waals surface area contributed by atoms with Crippen LogP contribution in [0.2, 0.25) is 0 Å².